The van der Waals surface area contributed by atoms with Crippen LogP contribution in [0, 0.1) is 0 Å². The molecule has 0 heterocycles. The van der Waals surface area contributed by atoms with E-state index in [4.69, 9.17) is 19.1 Å². The number of phosphoric ester groups is 1. The van der Waals surface area contributed by atoms with Crippen molar-refractivity contribution in [1.29, 1.82) is 0 Å². The molecule has 0 aromatic rings. The standard InChI is InChI=1S/C37H69O10P/c1-3-5-7-9-11-13-15-16-17-19-20-22-24-26-28-36(40)44-32-35(33-46-48(42,43)45-31-34(39)30-38)47-37(41)29-27-25-23-21-18-14-12-10-8-6-4-2/h10,12,15-16,34-35,38-39H,3-9,11,13-14,17-33H2,1-2H3,(H,42,43)/b12-10+,16-15+/t34-,35+/m0/s1. The highest BCUT2D eigenvalue weighted by molar-refractivity contribution is 7.47. The summed E-state index contributed by atoms with van der Waals surface area (Å²) in [7, 11) is -4.61. The molecule has 10 nitrogen and oxygen atoms in total. The number of aliphatic hydroxyl groups is 2. The highest BCUT2D eigenvalue weighted by atomic mass is 31.2. The molecule has 282 valence electrons. The van der Waals surface area contributed by atoms with Crippen molar-refractivity contribution in [1.82, 2.24) is 0 Å². The molecular formula is C37H69O10P. The van der Waals surface area contributed by atoms with Crippen molar-refractivity contribution in [3.05, 3.63) is 24.3 Å². The van der Waals surface area contributed by atoms with Crippen LogP contribution in [0.3, 0.4) is 0 Å². The molecule has 1 unspecified atom stereocenters. The molecule has 0 rings (SSSR count). The minimum atomic E-state index is -4.61. The fraction of sp³-hybridized carbons (Fsp3) is 0.838. The number of rotatable bonds is 35. The van der Waals surface area contributed by atoms with Crippen LogP contribution >= 0.6 is 7.82 Å². The molecule has 0 amide bonds. The number of hydrogen-bond acceptors (Lipinski definition) is 9. The number of ether oxygens (including phenoxy) is 2. The Balaban J connectivity index is 4.39. The minimum Gasteiger partial charge on any atom is -0.462 e. The third-order valence-corrected chi connectivity index (χ3v) is 8.78. The Kier molecular flexibility index (Phi) is 32.8. The Morgan fingerprint density at radius 1 is 0.604 bits per heavy atom. The Morgan fingerprint density at radius 2 is 1.04 bits per heavy atom. The summed E-state index contributed by atoms with van der Waals surface area (Å²) < 4.78 is 32.5. The van der Waals surface area contributed by atoms with Crippen molar-refractivity contribution in [3.63, 3.8) is 0 Å². The molecule has 0 aromatic heterocycles. The maximum atomic E-state index is 12.5. The quantitative estimate of drug-likeness (QED) is 0.0252. The molecule has 48 heavy (non-hydrogen) atoms. The van der Waals surface area contributed by atoms with E-state index in [0.717, 1.165) is 77.0 Å². The molecule has 0 aliphatic rings. The molecule has 0 radical (unpaired) electrons. The molecule has 0 saturated carbocycles. The van der Waals surface area contributed by atoms with Crippen LogP contribution < -0.4 is 0 Å². The molecule has 0 saturated heterocycles. The van der Waals surface area contributed by atoms with Crippen LogP contribution in [-0.4, -0.2) is 65.7 Å². The van der Waals surface area contributed by atoms with Crippen molar-refractivity contribution < 1.29 is 47.8 Å². The number of carbonyl (C=O) groups excluding carboxylic acids is 2. The van der Waals surface area contributed by atoms with E-state index in [1.807, 2.05) is 0 Å². The van der Waals surface area contributed by atoms with Gasteiger partial charge in [0.25, 0.3) is 0 Å². The van der Waals surface area contributed by atoms with E-state index in [9.17, 15) is 24.2 Å². The average Bonchev–Trinajstić information content (AvgIpc) is 3.07. The van der Waals surface area contributed by atoms with Crippen LogP contribution in [0.15, 0.2) is 24.3 Å². The number of aliphatic hydroxyl groups excluding tert-OH is 2. The molecule has 11 heteroatoms. The number of phosphoric acid groups is 1. The second-order valence-electron chi connectivity index (χ2n) is 12.6. The van der Waals surface area contributed by atoms with Gasteiger partial charge in [-0.15, -0.1) is 0 Å². The van der Waals surface area contributed by atoms with E-state index < -0.39 is 51.8 Å². The van der Waals surface area contributed by atoms with Gasteiger partial charge in [-0.05, 0) is 57.8 Å². The lowest BCUT2D eigenvalue weighted by atomic mass is 10.1. The van der Waals surface area contributed by atoms with Gasteiger partial charge in [-0.1, -0.05) is 115 Å². The van der Waals surface area contributed by atoms with E-state index in [1.54, 1.807) is 0 Å². The minimum absolute atomic E-state index is 0.173. The molecule has 0 spiro atoms. The summed E-state index contributed by atoms with van der Waals surface area (Å²) in [6.07, 6.45) is 30.1. The number of esters is 2. The molecule has 0 aliphatic heterocycles. The SMILES string of the molecule is CCCC/C=C/CCCCCCCC(=O)O[C@H](COC(=O)CCCCCCC/C=C/CCCCCCC)COP(=O)(O)OC[C@@H](O)CO. The van der Waals surface area contributed by atoms with Gasteiger partial charge in [0.1, 0.15) is 12.7 Å². The highest BCUT2D eigenvalue weighted by Crippen LogP contribution is 2.43. The Labute approximate surface area is 291 Å². The zero-order valence-corrected chi connectivity index (χ0v) is 31.1. The van der Waals surface area contributed by atoms with Gasteiger partial charge in [-0.3, -0.25) is 18.6 Å². The maximum Gasteiger partial charge on any atom is 0.472 e. The predicted molar refractivity (Wildman–Crippen MR) is 191 cm³/mol. The Hall–Kier alpha value is -1.55. The summed E-state index contributed by atoms with van der Waals surface area (Å²) >= 11 is 0. The molecule has 0 aromatic carbocycles. The first kappa shape index (κ1) is 46.5. The summed E-state index contributed by atoms with van der Waals surface area (Å²) in [6.45, 7) is 2.29. The highest BCUT2D eigenvalue weighted by Gasteiger charge is 2.27. The van der Waals surface area contributed by atoms with Crippen molar-refractivity contribution in [2.45, 2.75) is 174 Å². The van der Waals surface area contributed by atoms with Gasteiger partial charge in [0, 0.05) is 12.8 Å². The van der Waals surface area contributed by atoms with Gasteiger partial charge in [0.15, 0.2) is 6.10 Å². The summed E-state index contributed by atoms with van der Waals surface area (Å²) in [5, 5.41) is 18.2. The lowest BCUT2D eigenvalue weighted by molar-refractivity contribution is -0.161. The molecule has 0 fully saturated rings. The van der Waals surface area contributed by atoms with Crippen molar-refractivity contribution in [3.8, 4) is 0 Å². The Morgan fingerprint density at radius 3 is 1.56 bits per heavy atom. The molecule has 3 N–H and O–H groups in total. The third kappa shape index (κ3) is 33.0. The van der Waals surface area contributed by atoms with E-state index in [2.05, 4.69) is 42.7 Å². The number of unbranched alkanes of at least 4 members (excludes halogenated alkanes) is 17. The van der Waals surface area contributed by atoms with Crippen LogP contribution in [-0.2, 0) is 32.7 Å². The summed E-state index contributed by atoms with van der Waals surface area (Å²) in [5.41, 5.74) is 0. The van der Waals surface area contributed by atoms with Gasteiger partial charge in [0.2, 0.25) is 0 Å². The molecule has 0 aliphatic carbocycles. The number of allylic oxidation sites excluding steroid dienone is 4. The van der Waals surface area contributed by atoms with E-state index >= 15 is 0 Å². The van der Waals surface area contributed by atoms with Gasteiger partial charge in [-0.25, -0.2) is 4.57 Å². The predicted octanol–water partition coefficient (Wildman–Crippen LogP) is 9.05. The monoisotopic (exact) mass is 704 g/mol. The van der Waals surface area contributed by atoms with Crippen LogP contribution in [0.5, 0.6) is 0 Å². The van der Waals surface area contributed by atoms with E-state index in [1.165, 1.54) is 44.9 Å². The summed E-state index contributed by atoms with van der Waals surface area (Å²) in [6, 6.07) is 0. The zero-order chi connectivity index (χ0) is 35.6. The lowest BCUT2D eigenvalue weighted by Gasteiger charge is -2.20. The van der Waals surface area contributed by atoms with Crippen molar-refractivity contribution in [2.24, 2.45) is 0 Å². The topological polar surface area (TPSA) is 149 Å². The fourth-order valence-corrected chi connectivity index (χ4v) is 5.64. The van der Waals surface area contributed by atoms with Gasteiger partial charge >= 0.3 is 19.8 Å². The normalized spacial score (nSPS) is 14.4. The summed E-state index contributed by atoms with van der Waals surface area (Å²) in [4.78, 5) is 34.7. The van der Waals surface area contributed by atoms with E-state index in [-0.39, 0.29) is 19.4 Å². The first-order valence-corrected chi connectivity index (χ1v) is 20.3. The van der Waals surface area contributed by atoms with Crippen molar-refractivity contribution in [2.75, 3.05) is 26.4 Å². The maximum absolute atomic E-state index is 12.5. The van der Waals surface area contributed by atoms with Crippen LogP contribution in [0.2, 0.25) is 0 Å². The zero-order valence-electron chi connectivity index (χ0n) is 30.2. The van der Waals surface area contributed by atoms with Gasteiger partial charge in [0.05, 0.1) is 19.8 Å². The molecular weight excluding hydrogens is 635 g/mol. The van der Waals surface area contributed by atoms with Crippen LogP contribution in [0.25, 0.3) is 0 Å². The second kappa shape index (κ2) is 33.9. The largest absolute Gasteiger partial charge is 0.472 e. The number of hydrogen-bond donors (Lipinski definition) is 3. The smallest absolute Gasteiger partial charge is 0.462 e. The lowest BCUT2D eigenvalue weighted by Crippen LogP contribution is -2.29. The Bertz CT molecular complexity index is 863. The number of carbonyl (C=O) groups is 2. The van der Waals surface area contributed by atoms with Gasteiger partial charge < -0.3 is 24.6 Å². The van der Waals surface area contributed by atoms with Gasteiger partial charge in [-0.2, -0.15) is 0 Å². The molecule has 0 bridgehead atoms. The van der Waals surface area contributed by atoms with Crippen LogP contribution in [0.4, 0.5) is 0 Å². The average molecular weight is 705 g/mol. The summed E-state index contributed by atoms with van der Waals surface area (Å²) in [5.74, 6) is -0.947. The van der Waals surface area contributed by atoms with Crippen molar-refractivity contribution >= 4 is 19.8 Å². The first-order chi connectivity index (χ1) is 23.2. The van der Waals surface area contributed by atoms with Crippen LogP contribution in [0.1, 0.15) is 162 Å². The third-order valence-electron chi connectivity index (χ3n) is 7.83. The fourth-order valence-electron chi connectivity index (χ4n) is 4.85. The second-order valence-corrected chi connectivity index (χ2v) is 14.0. The van der Waals surface area contributed by atoms with E-state index in [0.29, 0.717) is 12.8 Å². The first-order valence-electron chi connectivity index (χ1n) is 18.8. The molecule has 3 atom stereocenters.